The van der Waals surface area contributed by atoms with Crippen LogP contribution in [0.25, 0.3) is 0 Å². The first kappa shape index (κ1) is 16.8. The average molecular weight is 365 g/mol. The van der Waals surface area contributed by atoms with Crippen molar-refractivity contribution in [1.29, 1.82) is 0 Å². The minimum atomic E-state index is -3.75. The molecule has 0 atom stereocenters. The molecule has 0 radical (unpaired) electrons. The normalized spacial score (nSPS) is 14.2. The molecule has 7 heteroatoms. The number of carbonyl (C=O) groups is 1. The largest absolute Gasteiger partial charge is 0.349 e. The molecule has 1 fully saturated rings. The Morgan fingerprint density at radius 3 is 2.58 bits per heavy atom. The van der Waals surface area contributed by atoms with Gasteiger partial charge in [-0.2, -0.15) is 0 Å². The van der Waals surface area contributed by atoms with Crippen LogP contribution in [0.5, 0.6) is 0 Å². The van der Waals surface area contributed by atoms with Gasteiger partial charge >= 0.3 is 0 Å². The number of benzene rings is 2. The lowest BCUT2D eigenvalue weighted by Gasteiger charge is -2.11. The van der Waals surface area contributed by atoms with E-state index in [1.807, 2.05) is 0 Å². The number of amides is 1. The first-order chi connectivity index (χ1) is 11.3. The standard InChI is InChI=1S/C17H17ClN2O3S/c1-11-9-13(18)5-8-16(11)24(22,23)20-15-4-2-3-12(10-15)17(21)19-14-6-7-14/h2-5,8-10,14,20H,6-7H2,1H3,(H,19,21). The van der Waals surface area contributed by atoms with Crippen LogP contribution in [0.1, 0.15) is 28.8 Å². The van der Waals surface area contributed by atoms with Crippen LogP contribution >= 0.6 is 11.6 Å². The summed E-state index contributed by atoms with van der Waals surface area (Å²) in [6, 6.07) is 11.3. The number of nitrogens with one attached hydrogen (secondary N) is 2. The van der Waals surface area contributed by atoms with Crippen molar-refractivity contribution in [3.05, 3.63) is 58.6 Å². The number of halogens is 1. The number of hydrogen-bond acceptors (Lipinski definition) is 3. The quantitative estimate of drug-likeness (QED) is 0.854. The third kappa shape index (κ3) is 3.88. The van der Waals surface area contributed by atoms with Crippen molar-refractivity contribution in [2.75, 3.05) is 4.72 Å². The molecule has 2 aromatic carbocycles. The van der Waals surface area contributed by atoms with Crippen molar-refractivity contribution in [1.82, 2.24) is 5.32 Å². The van der Waals surface area contributed by atoms with Crippen molar-refractivity contribution in [3.8, 4) is 0 Å². The Hall–Kier alpha value is -2.05. The van der Waals surface area contributed by atoms with Crippen molar-refractivity contribution in [3.63, 3.8) is 0 Å². The minimum absolute atomic E-state index is 0.153. The third-order valence-corrected chi connectivity index (χ3v) is 5.49. The predicted molar refractivity (Wildman–Crippen MR) is 93.9 cm³/mol. The van der Waals surface area contributed by atoms with E-state index in [1.165, 1.54) is 18.2 Å². The molecule has 1 saturated carbocycles. The lowest BCUT2D eigenvalue weighted by atomic mass is 10.2. The zero-order chi connectivity index (χ0) is 17.3. The zero-order valence-electron chi connectivity index (χ0n) is 13.0. The number of aryl methyl sites for hydroxylation is 1. The molecule has 1 aliphatic carbocycles. The minimum Gasteiger partial charge on any atom is -0.349 e. The molecule has 0 saturated heterocycles. The molecule has 2 N–H and O–H groups in total. The molecule has 0 unspecified atom stereocenters. The Balaban J connectivity index is 1.83. The van der Waals surface area contributed by atoms with Gasteiger partial charge in [0.15, 0.2) is 0 Å². The van der Waals surface area contributed by atoms with E-state index in [-0.39, 0.29) is 16.8 Å². The molecule has 0 heterocycles. The maximum atomic E-state index is 12.5. The lowest BCUT2D eigenvalue weighted by Crippen LogP contribution is -2.25. The summed E-state index contributed by atoms with van der Waals surface area (Å²) in [6.07, 6.45) is 1.99. The molecule has 2 aromatic rings. The monoisotopic (exact) mass is 364 g/mol. The molecular weight excluding hydrogens is 348 g/mol. The molecule has 0 bridgehead atoms. The van der Waals surface area contributed by atoms with Gasteiger partial charge in [-0.3, -0.25) is 9.52 Å². The van der Waals surface area contributed by atoms with E-state index in [0.717, 1.165) is 12.8 Å². The van der Waals surface area contributed by atoms with E-state index in [2.05, 4.69) is 10.0 Å². The second kappa shape index (κ2) is 6.45. The smallest absolute Gasteiger partial charge is 0.262 e. The summed E-state index contributed by atoms with van der Waals surface area (Å²) in [5.74, 6) is -0.193. The van der Waals surface area contributed by atoms with Gasteiger partial charge in [0.1, 0.15) is 0 Å². The van der Waals surface area contributed by atoms with E-state index in [9.17, 15) is 13.2 Å². The summed E-state index contributed by atoms with van der Waals surface area (Å²) >= 11 is 5.87. The maximum absolute atomic E-state index is 12.5. The Bertz CT molecular complexity index is 892. The van der Waals surface area contributed by atoms with Gasteiger partial charge in [-0.1, -0.05) is 17.7 Å². The second-order valence-electron chi connectivity index (χ2n) is 5.84. The van der Waals surface area contributed by atoms with Gasteiger partial charge in [0, 0.05) is 22.3 Å². The van der Waals surface area contributed by atoms with Crippen LogP contribution in [-0.2, 0) is 10.0 Å². The lowest BCUT2D eigenvalue weighted by molar-refractivity contribution is 0.0951. The van der Waals surface area contributed by atoms with Crippen LogP contribution in [0.15, 0.2) is 47.4 Å². The van der Waals surface area contributed by atoms with Gasteiger partial charge in [0.05, 0.1) is 4.90 Å². The SMILES string of the molecule is Cc1cc(Cl)ccc1S(=O)(=O)Nc1cccc(C(=O)NC2CC2)c1. The molecule has 0 aliphatic heterocycles. The predicted octanol–water partition coefficient (Wildman–Crippen LogP) is 3.34. The van der Waals surface area contributed by atoms with E-state index in [0.29, 0.717) is 21.8 Å². The van der Waals surface area contributed by atoms with Crippen LogP contribution < -0.4 is 10.0 Å². The van der Waals surface area contributed by atoms with Gasteiger partial charge in [0.25, 0.3) is 15.9 Å². The summed E-state index contributed by atoms with van der Waals surface area (Å²) < 4.78 is 27.6. The first-order valence-corrected chi connectivity index (χ1v) is 9.41. The highest BCUT2D eigenvalue weighted by Gasteiger charge is 2.24. The molecule has 5 nitrogen and oxygen atoms in total. The highest BCUT2D eigenvalue weighted by Crippen LogP contribution is 2.23. The molecule has 1 aliphatic rings. The van der Waals surface area contributed by atoms with Crippen molar-refractivity contribution in [2.45, 2.75) is 30.7 Å². The number of rotatable bonds is 5. The molecule has 0 spiro atoms. The van der Waals surface area contributed by atoms with Gasteiger partial charge in [0.2, 0.25) is 0 Å². The maximum Gasteiger partial charge on any atom is 0.262 e. The van der Waals surface area contributed by atoms with Crippen molar-refractivity contribution in [2.24, 2.45) is 0 Å². The fraction of sp³-hybridized carbons (Fsp3) is 0.235. The van der Waals surface area contributed by atoms with Crippen LogP contribution in [0.2, 0.25) is 5.02 Å². The van der Waals surface area contributed by atoms with E-state index in [1.54, 1.807) is 31.2 Å². The van der Waals surface area contributed by atoms with Gasteiger partial charge in [-0.15, -0.1) is 0 Å². The fourth-order valence-electron chi connectivity index (χ4n) is 2.34. The summed E-state index contributed by atoms with van der Waals surface area (Å²) in [5, 5.41) is 3.35. The third-order valence-electron chi connectivity index (χ3n) is 3.72. The average Bonchev–Trinajstić information content (AvgIpc) is 3.30. The van der Waals surface area contributed by atoms with E-state index >= 15 is 0 Å². The fourth-order valence-corrected chi connectivity index (χ4v) is 3.85. The highest BCUT2D eigenvalue weighted by atomic mass is 35.5. The Kier molecular flexibility index (Phi) is 4.51. The Labute approximate surface area is 146 Å². The molecule has 0 aromatic heterocycles. The van der Waals surface area contributed by atoms with Crippen LogP contribution in [0.4, 0.5) is 5.69 Å². The van der Waals surface area contributed by atoms with Gasteiger partial charge < -0.3 is 5.32 Å². The molecule has 24 heavy (non-hydrogen) atoms. The van der Waals surface area contributed by atoms with Gasteiger partial charge in [-0.05, 0) is 61.7 Å². The highest BCUT2D eigenvalue weighted by molar-refractivity contribution is 7.92. The molecule has 126 valence electrons. The van der Waals surface area contributed by atoms with E-state index in [4.69, 9.17) is 11.6 Å². The van der Waals surface area contributed by atoms with Crippen LogP contribution in [0, 0.1) is 6.92 Å². The summed E-state index contributed by atoms with van der Waals surface area (Å²) in [5.41, 5.74) is 1.32. The first-order valence-electron chi connectivity index (χ1n) is 7.55. The molecule has 3 rings (SSSR count). The summed E-state index contributed by atoms with van der Waals surface area (Å²) in [6.45, 7) is 1.68. The number of hydrogen-bond donors (Lipinski definition) is 2. The van der Waals surface area contributed by atoms with Crippen LogP contribution in [-0.4, -0.2) is 20.4 Å². The Morgan fingerprint density at radius 1 is 1.17 bits per heavy atom. The molecular formula is C17H17ClN2O3S. The topological polar surface area (TPSA) is 75.3 Å². The number of sulfonamides is 1. The Morgan fingerprint density at radius 2 is 1.92 bits per heavy atom. The summed E-state index contributed by atoms with van der Waals surface area (Å²) in [4.78, 5) is 12.2. The number of anilines is 1. The summed E-state index contributed by atoms with van der Waals surface area (Å²) in [7, 11) is -3.75. The van der Waals surface area contributed by atoms with Crippen molar-refractivity contribution < 1.29 is 13.2 Å². The van der Waals surface area contributed by atoms with Gasteiger partial charge in [-0.25, -0.2) is 8.42 Å². The zero-order valence-corrected chi connectivity index (χ0v) is 14.6. The second-order valence-corrected chi connectivity index (χ2v) is 7.93. The van der Waals surface area contributed by atoms with Crippen molar-refractivity contribution >= 4 is 33.2 Å². The number of carbonyl (C=O) groups excluding carboxylic acids is 1. The van der Waals surface area contributed by atoms with E-state index < -0.39 is 10.0 Å². The molecule has 1 amide bonds. The van der Waals surface area contributed by atoms with Crippen LogP contribution in [0.3, 0.4) is 0 Å².